The summed E-state index contributed by atoms with van der Waals surface area (Å²) in [5.41, 5.74) is 0. The molecule has 0 unspecified atom stereocenters. The van der Waals surface area contributed by atoms with Crippen LogP contribution in [-0.2, 0) is 4.79 Å². The van der Waals surface area contributed by atoms with E-state index in [0.717, 1.165) is 5.82 Å². The van der Waals surface area contributed by atoms with Crippen LogP contribution in [0.25, 0.3) is 5.82 Å². The molecule has 3 heterocycles. The fourth-order valence-electron chi connectivity index (χ4n) is 3.13. The van der Waals surface area contributed by atoms with Crippen molar-refractivity contribution in [3.05, 3.63) is 54.9 Å². The maximum absolute atomic E-state index is 13.7. The van der Waals surface area contributed by atoms with Crippen LogP contribution < -0.4 is 9.64 Å². The minimum absolute atomic E-state index is 0.0785. The largest absolute Gasteiger partial charge is 0.478 e. The number of amides is 1. The van der Waals surface area contributed by atoms with Gasteiger partial charge in [-0.25, -0.2) is 14.1 Å². The zero-order valence-corrected chi connectivity index (χ0v) is 15.8. The second-order valence-electron chi connectivity index (χ2n) is 6.59. The molecule has 1 amide bonds. The van der Waals surface area contributed by atoms with E-state index in [1.54, 1.807) is 30.3 Å². The van der Waals surface area contributed by atoms with Crippen LogP contribution in [0, 0.1) is 5.82 Å². The van der Waals surface area contributed by atoms with Crippen molar-refractivity contribution in [3.8, 4) is 11.6 Å². The summed E-state index contributed by atoms with van der Waals surface area (Å²) in [6.07, 6.45) is 2.22. The fourth-order valence-corrected chi connectivity index (χ4v) is 3.13. The third kappa shape index (κ3) is 4.15. The van der Waals surface area contributed by atoms with Crippen LogP contribution in [0.4, 0.5) is 10.2 Å². The molecule has 1 saturated heterocycles. The fraction of sp³-hybridized carbons (Fsp3) is 0.316. The monoisotopic (exact) mass is 397 g/mol. The third-order valence-electron chi connectivity index (χ3n) is 4.69. The number of benzene rings is 1. The molecule has 0 aliphatic carbocycles. The number of anilines is 1. The van der Waals surface area contributed by atoms with Gasteiger partial charge in [-0.15, -0.1) is 10.2 Å². The molecule has 1 aliphatic heterocycles. The third-order valence-corrected chi connectivity index (χ3v) is 4.69. The molecular formula is C19H20FN7O2. The summed E-state index contributed by atoms with van der Waals surface area (Å²) in [7, 11) is 0. The van der Waals surface area contributed by atoms with E-state index in [2.05, 4.69) is 25.2 Å². The highest BCUT2D eigenvalue weighted by atomic mass is 19.1. The van der Waals surface area contributed by atoms with Crippen molar-refractivity contribution in [3.63, 3.8) is 0 Å². The Morgan fingerprint density at radius 2 is 1.79 bits per heavy atom. The Kier molecular flexibility index (Phi) is 5.32. The number of hydrogen-bond acceptors (Lipinski definition) is 7. The Morgan fingerprint density at radius 3 is 2.45 bits per heavy atom. The van der Waals surface area contributed by atoms with Crippen LogP contribution in [0.15, 0.2) is 49.1 Å². The zero-order chi connectivity index (χ0) is 20.2. The average Bonchev–Trinajstić information content (AvgIpc) is 3.30. The number of carbonyl (C=O) groups is 1. The lowest BCUT2D eigenvalue weighted by Gasteiger charge is -2.36. The van der Waals surface area contributed by atoms with E-state index in [0.29, 0.717) is 32.0 Å². The normalized spacial score (nSPS) is 15.2. The SMILES string of the molecule is C[C@H](Oc1ccccc1F)C(=O)N1CCN(c2ccc(-n3cncn3)nn2)CC1. The molecule has 150 valence electrons. The molecule has 1 aliphatic rings. The Morgan fingerprint density at radius 1 is 1.07 bits per heavy atom. The van der Waals surface area contributed by atoms with Gasteiger partial charge in [-0.3, -0.25) is 4.79 Å². The van der Waals surface area contributed by atoms with Crippen molar-refractivity contribution in [1.29, 1.82) is 0 Å². The summed E-state index contributed by atoms with van der Waals surface area (Å²) in [4.78, 5) is 20.3. The van der Waals surface area contributed by atoms with Crippen molar-refractivity contribution >= 4 is 11.7 Å². The summed E-state index contributed by atoms with van der Waals surface area (Å²) in [5, 5.41) is 12.4. The molecule has 1 fully saturated rings. The molecule has 10 heteroatoms. The minimum Gasteiger partial charge on any atom is -0.478 e. The molecule has 3 aromatic rings. The van der Waals surface area contributed by atoms with E-state index < -0.39 is 11.9 Å². The zero-order valence-electron chi connectivity index (χ0n) is 15.8. The second kappa shape index (κ2) is 8.21. The smallest absolute Gasteiger partial charge is 0.263 e. The molecular weight excluding hydrogens is 377 g/mol. The molecule has 0 saturated carbocycles. The number of nitrogens with zero attached hydrogens (tertiary/aromatic N) is 7. The topological polar surface area (TPSA) is 89.3 Å². The minimum atomic E-state index is -0.764. The number of carbonyl (C=O) groups excluding carboxylic acids is 1. The van der Waals surface area contributed by atoms with Crippen LogP contribution in [0.2, 0.25) is 0 Å². The summed E-state index contributed by atoms with van der Waals surface area (Å²) >= 11 is 0. The quantitative estimate of drug-likeness (QED) is 0.641. The molecule has 29 heavy (non-hydrogen) atoms. The molecule has 0 spiro atoms. The molecule has 0 bridgehead atoms. The number of halogens is 1. The van der Waals surface area contributed by atoms with E-state index in [9.17, 15) is 9.18 Å². The Labute approximate surface area is 166 Å². The van der Waals surface area contributed by atoms with Gasteiger partial charge in [-0.2, -0.15) is 5.10 Å². The van der Waals surface area contributed by atoms with E-state index in [4.69, 9.17) is 4.74 Å². The van der Waals surface area contributed by atoms with Gasteiger partial charge in [-0.1, -0.05) is 12.1 Å². The van der Waals surface area contributed by atoms with Gasteiger partial charge in [0.2, 0.25) is 0 Å². The van der Waals surface area contributed by atoms with Gasteiger partial charge in [0.25, 0.3) is 5.91 Å². The van der Waals surface area contributed by atoms with Crippen LogP contribution in [-0.4, -0.2) is 68.1 Å². The first kappa shape index (κ1) is 18.8. The van der Waals surface area contributed by atoms with Gasteiger partial charge in [0, 0.05) is 26.2 Å². The van der Waals surface area contributed by atoms with Gasteiger partial charge in [0.1, 0.15) is 12.7 Å². The van der Waals surface area contributed by atoms with Crippen molar-refractivity contribution in [2.75, 3.05) is 31.1 Å². The van der Waals surface area contributed by atoms with Crippen LogP contribution >= 0.6 is 0 Å². The molecule has 4 rings (SSSR count). The first-order valence-electron chi connectivity index (χ1n) is 9.25. The van der Waals surface area contributed by atoms with E-state index >= 15 is 0 Å². The average molecular weight is 397 g/mol. The first-order chi connectivity index (χ1) is 14.1. The summed E-state index contributed by atoms with van der Waals surface area (Å²) in [6.45, 7) is 3.92. The predicted molar refractivity (Wildman–Crippen MR) is 102 cm³/mol. The molecule has 0 radical (unpaired) electrons. The van der Waals surface area contributed by atoms with Crippen molar-refractivity contribution in [2.24, 2.45) is 0 Å². The van der Waals surface area contributed by atoms with Crippen LogP contribution in [0.1, 0.15) is 6.92 Å². The second-order valence-corrected chi connectivity index (χ2v) is 6.59. The number of aromatic nitrogens is 5. The summed E-state index contributed by atoms with van der Waals surface area (Å²) in [6, 6.07) is 9.75. The van der Waals surface area contributed by atoms with Crippen molar-refractivity contribution < 1.29 is 13.9 Å². The maximum atomic E-state index is 13.7. The lowest BCUT2D eigenvalue weighted by Crippen LogP contribution is -2.52. The number of piperazine rings is 1. The Bertz CT molecular complexity index is 957. The highest BCUT2D eigenvalue weighted by molar-refractivity contribution is 5.81. The van der Waals surface area contributed by atoms with Gasteiger partial charge in [0.05, 0.1) is 0 Å². The van der Waals surface area contributed by atoms with E-state index in [-0.39, 0.29) is 11.7 Å². The predicted octanol–water partition coefficient (Wildman–Crippen LogP) is 1.31. The lowest BCUT2D eigenvalue weighted by molar-refractivity contribution is -0.138. The van der Waals surface area contributed by atoms with Gasteiger partial charge < -0.3 is 14.5 Å². The summed E-state index contributed by atoms with van der Waals surface area (Å²) < 4.78 is 20.8. The van der Waals surface area contributed by atoms with Crippen molar-refractivity contribution in [2.45, 2.75) is 13.0 Å². The van der Waals surface area contributed by atoms with E-state index in [1.807, 2.05) is 12.1 Å². The molecule has 0 N–H and O–H groups in total. The van der Waals surface area contributed by atoms with Crippen molar-refractivity contribution in [1.82, 2.24) is 29.9 Å². The first-order valence-corrected chi connectivity index (χ1v) is 9.25. The number of rotatable bonds is 5. The van der Waals surface area contributed by atoms with Gasteiger partial charge in [-0.05, 0) is 31.2 Å². The maximum Gasteiger partial charge on any atom is 0.263 e. The van der Waals surface area contributed by atoms with Crippen LogP contribution in [0.5, 0.6) is 5.75 Å². The summed E-state index contributed by atoms with van der Waals surface area (Å²) in [5.74, 6) is 0.746. The molecule has 9 nitrogen and oxygen atoms in total. The number of ether oxygens (including phenoxy) is 1. The molecule has 2 aromatic heterocycles. The number of para-hydroxylation sites is 1. The van der Waals surface area contributed by atoms with Gasteiger partial charge >= 0.3 is 0 Å². The molecule has 1 atom stereocenters. The number of hydrogen-bond donors (Lipinski definition) is 0. The van der Waals surface area contributed by atoms with E-state index in [1.165, 1.54) is 23.1 Å². The lowest BCUT2D eigenvalue weighted by atomic mass is 10.2. The van der Waals surface area contributed by atoms with Gasteiger partial charge in [0.15, 0.2) is 29.3 Å². The Balaban J connectivity index is 1.33. The molecule has 1 aromatic carbocycles. The Hall–Kier alpha value is -3.56. The van der Waals surface area contributed by atoms with Crippen LogP contribution in [0.3, 0.4) is 0 Å². The highest BCUT2D eigenvalue weighted by Gasteiger charge is 2.27. The highest BCUT2D eigenvalue weighted by Crippen LogP contribution is 2.19. The standard InChI is InChI=1S/C19H20FN7O2/c1-14(29-16-5-3-2-4-15(16)20)19(28)26-10-8-25(9-11-26)17-6-7-18(24-23-17)27-13-21-12-22-27/h2-7,12-14H,8-11H2,1H3/t14-/m0/s1.